The Bertz CT molecular complexity index is 571. The van der Waals surface area contributed by atoms with Gasteiger partial charge in [0.15, 0.2) is 6.04 Å². The molecule has 1 aliphatic rings. The van der Waals surface area contributed by atoms with Gasteiger partial charge < -0.3 is 22.1 Å². The molecule has 0 bridgehead atoms. The molecule has 0 aliphatic heterocycles. The molecular weight excluding hydrogens is 308 g/mol. The van der Waals surface area contributed by atoms with Crippen LogP contribution < -0.4 is 22.1 Å². The zero-order chi connectivity index (χ0) is 17.5. The van der Waals surface area contributed by atoms with Crippen LogP contribution in [0.1, 0.15) is 43.7 Å². The molecule has 0 heterocycles. The third-order valence-electron chi connectivity index (χ3n) is 4.41. The van der Waals surface area contributed by atoms with Crippen LogP contribution in [0.25, 0.3) is 0 Å². The summed E-state index contributed by atoms with van der Waals surface area (Å²) >= 11 is 0. The highest BCUT2D eigenvalue weighted by molar-refractivity contribution is 6.05. The number of amides is 4. The van der Waals surface area contributed by atoms with E-state index in [0.717, 1.165) is 31.2 Å². The molecule has 1 aliphatic carbocycles. The van der Waals surface area contributed by atoms with E-state index in [4.69, 9.17) is 11.5 Å². The third kappa shape index (κ3) is 4.71. The van der Waals surface area contributed by atoms with E-state index in [0.29, 0.717) is 5.92 Å². The first kappa shape index (κ1) is 17.8. The summed E-state index contributed by atoms with van der Waals surface area (Å²) in [7, 11) is 0. The van der Waals surface area contributed by atoms with E-state index in [2.05, 4.69) is 10.6 Å². The molecular formula is C17H24N4O3. The van der Waals surface area contributed by atoms with Crippen LogP contribution in [0.4, 0.5) is 4.79 Å². The molecule has 4 amide bonds. The molecule has 130 valence electrons. The van der Waals surface area contributed by atoms with Crippen LogP contribution in [0, 0.1) is 5.92 Å². The number of urea groups is 1. The first-order valence-electron chi connectivity index (χ1n) is 8.19. The fraction of sp³-hybridized carbons (Fsp3) is 0.471. The Labute approximate surface area is 141 Å². The average molecular weight is 332 g/mol. The van der Waals surface area contributed by atoms with Crippen molar-refractivity contribution in [2.45, 2.75) is 44.2 Å². The lowest BCUT2D eigenvalue weighted by Crippen LogP contribution is -2.55. The molecule has 1 fully saturated rings. The maximum Gasteiger partial charge on any atom is 0.316 e. The lowest BCUT2D eigenvalue weighted by Gasteiger charge is -2.31. The summed E-state index contributed by atoms with van der Waals surface area (Å²) in [6, 6.07) is 7.33. The van der Waals surface area contributed by atoms with E-state index in [1.807, 2.05) is 30.3 Å². The average Bonchev–Trinajstić information content (AvgIpc) is 2.58. The van der Waals surface area contributed by atoms with Crippen molar-refractivity contribution in [3.63, 3.8) is 0 Å². The Hall–Kier alpha value is -2.57. The van der Waals surface area contributed by atoms with Gasteiger partial charge in [0.05, 0.1) is 6.04 Å². The highest BCUT2D eigenvalue weighted by atomic mass is 16.2. The van der Waals surface area contributed by atoms with Gasteiger partial charge in [-0.3, -0.25) is 9.59 Å². The van der Waals surface area contributed by atoms with Crippen molar-refractivity contribution < 1.29 is 14.4 Å². The summed E-state index contributed by atoms with van der Waals surface area (Å²) in [5.41, 5.74) is 11.2. The minimum atomic E-state index is -1.52. The Morgan fingerprint density at radius 2 is 1.50 bits per heavy atom. The summed E-state index contributed by atoms with van der Waals surface area (Å²) in [5, 5.41) is 5.13. The van der Waals surface area contributed by atoms with Crippen molar-refractivity contribution in [3.8, 4) is 0 Å². The second kappa shape index (κ2) is 8.33. The van der Waals surface area contributed by atoms with Crippen LogP contribution in [0.15, 0.2) is 30.3 Å². The van der Waals surface area contributed by atoms with Crippen molar-refractivity contribution in [2.75, 3.05) is 0 Å². The number of hydrogen-bond acceptors (Lipinski definition) is 3. The molecule has 6 N–H and O–H groups in total. The predicted octanol–water partition coefficient (Wildman–Crippen LogP) is 0.946. The largest absolute Gasteiger partial charge is 0.367 e. The van der Waals surface area contributed by atoms with Gasteiger partial charge in [0.1, 0.15) is 0 Å². The monoisotopic (exact) mass is 332 g/mol. The van der Waals surface area contributed by atoms with Crippen LogP contribution in [0.2, 0.25) is 0 Å². The van der Waals surface area contributed by atoms with Crippen LogP contribution in [0.3, 0.4) is 0 Å². The van der Waals surface area contributed by atoms with Crippen molar-refractivity contribution >= 4 is 17.8 Å². The molecule has 1 saturated carbocycles. The Morgan fingerprint density at radius 3 is 2.04 bits per heavy atom. The zero-order valence-electron chi connectivity index (χ0n) is 13.5. The number of carbonyl (C=O) groups is 3. The van der Waals surface area contributed by atoms with Gasteiger partial charge in [0, 0.05) is 0 Å². The van der Waals surface area contributed by atoms with Gasteiger partial charge in [-0.1, -0.05) is 49.6 Å². The van der Waals surface area contributed by atoms with Crippen molar-refractivity contribution in [2.24, 2.45) is 17.4 Å². The quantitative estimate of drug-likeness (QED) is 0.579. The van der Waals surface area contributed by atoms with E-state index < -0.39 is 23.9 Å². The van der Waals surface area contributed by atoms with E-state index in [1.54, 1.807) is 0 Å². The molecule has 24 heavy (non-hydrogen) atoms. The van der Waals surface area contributed by atoms with Gasteiger partial charge >= 0.3 is 6.03 Å². The van der Waals surface area contributed by atoms with Gasteiger partial charge in [0.2, 0.25) is 11.8 Å². The van der Waals surface area contributed by atoms with E-state index in [9.17, 15) is 14.4 Å². The number of rotatable bonds is 6. The normalized spacial score (nSPS) is 16.4. The molecule has 0 radical (unpaired) electrons. The van der Waals surface area contributed by atoms with Crippen molar-refractivity contribution in [3.05, 3.63) is 35.9 Å². The highest BCUT2D eigenvalue weighted by Crippen LogP contribution is 2.34. The van der Waals surface area contributed by atoms with E-state index in [-0.39, 0.29) is 6.04 Å². The number of hydrogen-bond donors (Lipinski definition) is 4. The van der Waals surface area contributed by atoms with Gasteiger partial charge in [-0.25, -0.2) is 4.79 Å². The van der Waals surface area contributed by atoms with Gasteiger partial charge in [0.25, 0.3) is 0 Å². The number of nitrogens with one attached hydrogen (secondary N) is 2. The van der Waals surface area contributed by atoms with Crippen LogP contribution in [-0.2, 0) is 9.59 Å². The second-order valence-corrected chi connectivity index (χ2v) is 6.14. The summed E-state index contributed by atoms with van der Waals surface area (Å²) in [6.45, 7) is 0. The smallest absolute Gasteiger partial charge is 0.316 e. The van der Waals surface area contributed by atoms with Gasteiger partial charge in [-0.15, -0.1) is 0 Å². The van der Waals surface area contributed by atoms with Crippen molar-refractivity contribution in [1.82, 2.24) is 10.6 Å². The Morgan fingerprint density at radius 1 is 0.917 bits per heavy atom. The lowest BCUT2D eigenvalue weighted by molar-refractivity contribution is -0.128. The first-order chi connectivity index (χ1) is 11.5. The van der Waals surface area contributed by atoms with Crippen LogP contribution in [-0.4, -0.2) is 23.9 Å². The summed E-state index contributed by atoms with van der Waals surface area (Å²) < 4.78 is 0. The van der Waals surface area contributed by atoms with Crippen molar-refractivity contribution in [1.29, 1.82) is 0 Å². The fourth-order valence-corrected chi connectivity index (χ4v) is 3.20. The number of primary amides is 2. The summed E-state index contributed by atoms with van der Waals surface area (Å²) in [4.78, 5) is 34.7. The maximum absolute atomic E-state index is 12.3. The van der Waals surface area contributed by atoms with Gasteiger partial charge in [-0.05, 0) is 24.3 Å². The number of nitrogens with two attached hydrogens (primary N) is 2. The van der Waals surface area contributed by atoms with Crippen LogP contribution >= 0.6 is 0 Å². The standard InChI is InChI=1S/C17H24N4O3/c18-15(22)14(16(19)23)21-17(24)20-13(11-7-3-1-4-8-11)12-9-5-2-6-10-12/h1,3-4,7-8,12-14H,2,5-6,9-10H2,(H2,18,22)(H2,19,23)(H2,20,21,24). The minimum absolute atomic E-state index is 0.187. The molecule has 0 saturated heterocycles. The maximum atomic E-state index is 12.3. The molecule has 1 aromatic rings. The molecule has 1 unspecified atom stereocenters. The molecule has 7 nitrogen and oxygen atoms in total. The van der Waals surface area contributed by atoms with Crippen LogP contribution in [0.5, 0.6) is 0 Å². The fourth-order valence-electron chi connectivity index (χ4n) is 3.20. The molecule has 0 spiro atoms. The lowest BCUT2D eigenvalue weighted by atomic mass is 9.81. The zero-order valence-corrected chi connectivity index (χ0v) is 13.5. The van der Waals surface area contributed by atoms with E-state index >= 15 is 0 Å². The minimum Gasteiger partial charge on any atom is -0.367 e. The SMILES string of the molecule is NC(=O)C(NC(=O)NC(c1ccccc1)C1CCCCC1)C(N)=O. The molecule has 1 atom stereocenters. The Kier molecular flexibility index (Phi) is 6.17. The number of benzene rings is 1. The summed E-state index contributed by atoms with van der Waals surface area (Å²) in [5.74, 6) is -1.65. The molecule has 7 heteroatoms. The predicted molar refractivity (Wildman–Crippen MR) is 89.6 cm³/mol. The summed E-state index contributed by atoms with van der Waals surface area (Å²) in [6.07, 6.45) is 5.50. The molecule has 0 aromatic heterocycles. The second-order valence-electron chi connectivity index (χ2n) is 6.14. The van der Waals surface area contributed by atoms with E-state index in [1.165, 1.54) is 6.42 Å². The Balaban J connectivity index is 2.11. The number of carbonyl (C=O) groups excluding carboxylic acids is 3. The van der Waals surface area contributed by atoms with Gasteiger partial charge in [-0.2, -0.15) is 0 Å². The third-order valence-corrected chi connectivity index (χ3v) is 4.41. The highest BCUT2D eigenvalue weighted by Gasteiger charge is 2.29. The molecule has 1 aromatic carbocycles. The molecule has 2 rings (SSSR count). The topological polar surface area (TPSA) is 127 Å². The first-order valence-corrected chi connectivity index (χ1v) is 8.19.